The monoisotopic (exact) mass is 323 g/mol. The summed E-state index contributed by atoms with van der Waals surface area (Å²) >= 11 is 5.02. The Morgan fingerprint density at radius 3 is 2.39 bits per heavy atom. The molecule has 0 spiro atoms. The van der Waals surface area contributed by atoms with Crippen molar-refractivity contribution in [3.05, 3.63) is 52.3 Å². The Morgan fingerprint density at radius 2 is 1.83 bits per heavy atom. The van der Waals surface area contributed by atoms with Crippen LogP contribution in [-0.4, -0.2) is 16.5 Å². The minimum Gasteiger partial charge on any atom is -0.329 e. The fourth-order valence-corrected chi connectivity index (χ4v) is 2.63. The summed E-state index contributed by atoms with van der Waals surface area (Å²) in [5.41, 5.74) is 8.08. The van der Waals surface area contributed by atoms with Crippen molar-refractivity contribution in [2.45, 2.75) is 17.3 Å². The van der Waals surface area contributed by atoms with Crippen molar-refractivity contribution >= 4 is 27.7 Å². The second-order valence-electron chi connectivity index (χ2n) is 3.94. The molecule has 0 saturated heterocycles. The van der Waals surface area contributed by atoms with E-state index in [4.69, 9.17) is 5.73 Å². The number of halogens is 1. The maximum Gasteiger partial charge on any atom is 0.188 e. The van der Waals surface area contributed by atoms with Gasteiger partial charge < -0.3 is 5.73 Å². The van der Waals surface area contributed by atoms with E-state index in [1.807, 2.05) is 31.5 Å². The Hall–Kier alpha value is -0.910. The van der Waals surface area contributed by atoms with Gasteiger partial charge in [0.2, 0.25) is 0 Å². The molecule has 0 aliphatic heterocycles. The summed E-state index contributed by atoms with van der Waals surface area (Å²) in [6.45, 7) is 2.53. The molecule has 2 rings (SSSR count). The number of hydrogen-bond acceptors (Lipinski definition) is 4. The van der Waals surface area contributed by atoms with Crippen LogP contribution in [0, 0.1) is 6.92 Å². The number of nitrogens with two attached hydrogens (primary N) is 1. The zero-order valence-corrected chi connectivity index (χ0v) is 12.4. The predicted molar refractivity (Wildman–Crippen MR) is 78.6 cm³/mol. The highest BCUT2D eigenvalue weighted by atomic mass is 79.9. The van der Waals surface area contributed by atoms with Gasteiger partial charge in [-0.25, -0.2) is 9.97 Å². The largest absolute Gasteiger partial charge is 0.329 e. The summed E-state index contributed by atoms with van der Waals surface area (Å²) in [5, 5.41) is 0.944. The first-order valence-corrected chi connectivity index (χ1v) is 7.27. The third-order valence-corrected chi connectivity index (χ3v) is 4.16. The predicted octanol–water partition coefficient (Wildman–Crippen LogP) is 3.34. The van der Waals surface area contributed by atoms with Crippen molar-refractivity contribution in [2.24, 2.45) is 5.73 Å². The minimum atomic E-state index is 0.181. The molecule has 0 aliphatic carbocycles. The van der Waals surface area contributed by atoms with E-state index in [0.29, 0.717) is 6.54 Å². The zero-order valence-electron chi connectivity index (χ0n) is 10.0. The van der Waals surface area contributed by atoms with E-state index in [2.05, 4.69) is 38.0 Å². The van der Waals surface area contributed by atoms with Gasteiger partial charge in [-0.1, -0.05) is 39.8 Å². The molecule has 0 amide bonds. The molecule has 0 fully saturated rings. The van der Waals surface area contributed by atoms with Crippen LogP contribution in [0.4, 0.5) is 0 Å². The number of thioether (sulfide) groups is 1. The minimum absolute atomic E-state index is 0.181. The van der Waals surface area contributed by atoms with Crippen molar-refractivity contribution in [3.63, 3.8) is 0 Å². The Kier molecular flexibility index (Phi) is 4.74. The first-order chi connectivity index (χ1) is 8.69. The van der Waals surface area contributed by atoms with E-state index in [-0.39, 0.29) is 5.25 Å². The van der Waals surface area contributed by atoms with Gasteiger partial charge in [0.05, 0.1) is 0 Å². The van der Waals surface area contributed by atoms with Gasteiger partial charge in [-0.2, -0.15) is 0 Å². The van der Waals surface area contributed by atoms with Crippen LogP contribution in [0.25, 0.3) is 0 Å². The summed E-state index contributed by atoms with van der Waals surface area (Å²) < 4.78 is 1.07. The van der Waals surface area contributed by atoms with Gasteiger partial charge in [0.25, 0.3) is 0 Å². The Balaban J connectivity index is 2.14. The van der Waals surface area contributed by atoms with E-state index < -0.39 is 0 Å². The molecule has 3 nitrogen and oxygen atoms in total. The Bertz CT molecular complexity index is 499. The van der Waals surface area contributed by atoms with E-state index >= 15 is 0 Å². The summed E-state index contributed by atoms with van der Waals surface area (Å²) in [6.07, 6.45) is 3.65. The lowest BCUT2D eigenvalue weighted by Gasteiger charge is -2.13. The lowest BCUT2D eigenvalue weighted by molar-refractivity contribution is 0.903. The maximum atomic E-state index is 5.83. The van der Waals surface area contributed by atoms with Crippen LogP contribution in [0.3, 0.4) is 0 Å². The average molecular weight is 324 g/mol. The van der Waals surface area contributed by atoms with Gasteiger partial charge in [0.15, 0.2) is 5.16 Å². The van der Waals surface area contributed by atoms with Gasteiger partial charge in [0, 0.05) is 28.7 Å². The van der Waals surface area contributed by atoms with Gasteiger partial charge in [0.1, 0.15) is 0 Å². The van der Waals surface area contributed by atoms with E-state index in [9.17, 15) is 0 Å². The number of aromatic nitrogens is 2. The maximum absolute atomic E-state index is 5.83. The molecule has 2 N–H and O–H groups in total. The number of hydrogen-bond donors (Lipinski definition) is 1. The summed E-state index contributed by atoms with van der Waals surface area (Å²) in [6, 6.07) is 8.19. The molecule has 1 atom stereocenters. The standard InChI is InChI=1S/C13H14BrN3S/c1-9-7-16-13(17-8-9)18-12(6-15)10-2-4-11(14)5-3-10/h2-5,7-8,12H,6,15H2,1H3. The van der Waals surface area contributed by atoms with Crippen molar-refractivity contribution in [1.82, 2.24) is 9.97 Å². The van der Waals surface area contributed by atoms with Gasteiger partial charge in [-0.3, -0.25) is 0 Å². The van der Waals surface area contributed by atoms with Crippen LogP contribution >= 0.6 is 27.7 Å². The summed E-state index contributed by atoms with van der Waals surface area (Å²) in [7, 11) is 0. The molecule has 1 heterocycles. The van der Waals surface area contributed by atoms with Crippen molar-refractivity contribution in [3.8, 4) is 0 Å². The zero-order chi connectivity index (χ0) is 13.0. The number of nitrogens with zero attached hydrogens (tertiary/aromatic N) is 2. The second kappa shape index (κ2) is 6.31. The molecule has 2 aromatic rings. The molecule has 0 bridgehead atoms. The highest BCUT2D eigenvalue weighted by molar-refractivity contribution is 9.10. The smallest absolute Gasteiger partial charge is 0.188 e. The molecule has 0 radical (unpaired) electrons. The van der Waals surface area contributed by atoms with Crippen molar-refractivity contribution in [1.29, 1.82) is 0 Å². The van der Waals surface area contributed by atoms with Crippen LogP contribution in [0.5, 0.6) is 0 Å². The fourth-order valence-electron chi connectivity index (χ4n) is 1.50. The van der Waals surface area contributed by atoms with E-state index in [1.54, 1.807) is 11.8 Å². The third-order valence-electron chi connectivity index (χ3n) is 2.46. The van der Waals surface area contributed by atoms with E-state index in [1.165, 1.54) is 5.56 Å². The van der Waals surface area contributed by atoms with Gasteiger partial charge in [-0.15, -0.1) is 0 Å². The van der Waals surface area contributed by atoms with Crippen LogP contribution in [-0.2, 0) is 0 Å². The second-order valence-corrected chi connectivity index (χ2v) is 6.02. The average Bonchev–Trinajstić information content (AvgIpc) is 2.39. The number of benzene rings is 1. The molecule has 94 valence electrons. The van der Waals surface area contributed by atoms with Crippen LogP contribution in [0.15, 0.2) is 46.3 Å². The topological polar surface area (TPSA) is 51.8 Å². The molecule has 1 aromatic carbocycles. The van der Waals surface area contributed by atoms with Gasteiger partial charge >= 0.3 is 0 Å². The first-order valence-electron chi connectivity index (χ1n) is 5.60. The SMILES string of the molecule is Cc1cnc(SC(CN)c2ccc(Br)cc2)nc1. The van der Waals surface area contributed by atoms with Crippen molar-refractivity contribution in [2.75, 3.05) is 6.54 Å². The molecule has 0 saturated carbocycles. The first kappa shape index (κ1) is 13.5. The summed E-state index contributed by atoms with van der Waals surface area (Å²) in [4.78, 5) is 8.59. The Labute approximate surface area is 119 Å². The quantitative estimate of drug-likeness (QED) is 0.692. The molecule has 0 aliphatic rings. The third kappa shape index (κ3) is 3.54. The highest BCUT2D eigenvalue weighted by Gasteiger charge is 2.12. The lowest BCUT2D eigenvalue weighted by Crippen LogP contribution is -2.09. The normalized spacial score (nSPS) is 12.4. The molecular formula is C13H14BrN3S. The molecule has 1 aromatic heterocycles. The lowest BCUT2D eigenvalue weighted by atomic mass is 10.1. The summed E-state index contributed by atoms with van der Waals surface area (Å²) in [5.74, 6) is 0. The molecule has 5 heteroatoms. The van der Waals surface area contributed by atoms with Crippen LogP contribution in [0.1, 0.15) is 16.4 Å². The van der Waals surface area contributed by atoms with Crippen molar-refractivity contribution < 1.29 is 0 Å². The van der Waals surface area contributed by atoms with Gasteiger partial charge in [-0.05, 0) is 30.2 Å². The number of rotatable bonds is 4. The Morgan fingerprint density at radius 1 is 1.22 bits per heavy atom. The van der Waals surface area contributed by atoms with Crippen LogP contribution < -0.4 is 5.73 Å². The van der Waals surface area contributed by atoms with Crippen LogP contribution in [0.2, 0.25) is 0 Å². The number of aryl methyl sites for hydroxylation is 1. The van der Waals surface area contributed by atoms with E-state index in [0.717, 1.165) is 15.2 Å². The molecule has 18 heavy (non-hydrogen) atoms. The molecule has 1 unspecified atom stereocenters. The fraction of sp³-hybridized carbons (Fsp3) is 0.231. The molecular weight excluding hydrogens is 310 g/mol. The highest BCUT2D eigenvalue weighted by Crippen LogP contribution is 2.32.